The third-order valence-electron chi connectivity index (χ3n) is 3.33. The predicted octanol–water partition coefficient (Wildman–Crippen LogP) is 0.633. The van der Waals surface area contributed by atoms with Crippen LogP contribution < -0.4 is 5.56 Å². The molecule has 2 rings (SSSR count). The van der Waals surface area contributed by atoms with Gasteiger partial charge < -0.3 is 15.0 Å². The number of thioether (sulfide) groups is 2. The number of amides is 1. The summed E-state index contributed by atoms with van der Waals surface area (Å²) in [5.41, 5.74) is -0.135. The number of hydrogen-bond donors (Lipinski definition) is 2. The van der Waals surface area contributed by atoms with Crippen molar-refractivity contribution in [1.82, 2.24) is 14.9 Å². The summed E-state index contributed by atoms with van der Waals surface area (Å²) in [7, 11) is 1.76. The summed E-state index contributed by atoms with van der Waals surface area (Å²) >= 11 is 3.51. The predicted molar refractivity (Wildman–Crippen MR) is 86.2 cm³/mol. The number of aromatic hydroxyl groups is 1. The van der Waals surface area contributed by atoms with Crippen LogP contribution in [-0.2, 0) is 11.2 Å². The SMILES string of the molecule is Cc1c(O)nc(CCN(C)C(=O)C2CSCCS2)[nH]c1=O. The van der Waals surface area contributed by atoms with Crippen molar-refractivity contribution in [2.75, 3.05) is 30.9 Å². The van der Waals surface area contributed by atoms with E-state index in [-0.39, 0.29) is 28.2 Å². The highest BCUT2D eigenvalue weighted by Crippen LogP contribution is 2.25. The number of aromatic nitrogens is 2. The fraction of sp³-hybridized carbons (Fsp3) is 0.615. The minimum atomic E-state index is -0.342. The van der Waals surface area contributed by atoms with E-state index in [2.05, 4.69) is 9.97 Å². The van der Waals surface area contributed by atoms with Crippen LogP contribution in [0.4, 0.5) is 0 Å². The number of H-pyrrole nitrogens is 1. The van der Waals surface area contributed by atoms with Gasteiger partial charge in [-0.2, -0.15) is 11.8 Å². The molecule has 0 radical (unpaired) electrons. The first-order chi connectivity index (χ1) is 9.99. The van der Waals surface area contributed by atoms with Crippen molar-refractivity contribution in [3.63, 3.8) is 0 Å². The van der Waals surface area contributed by atoms with Gasteiger partial charge in [-0.3, -0.25) is 9.59 Å². The average Bonchev–Trinajstić information content (AvgIpc) is 2.50. The summed E-state index contributed by atoms with van der Waals surface area (Å²) in [6.45, 7) is 1.98. The normalized spacial score (nSPS) is 18.5. The number of hydrogen-bond acceptors (Lipinski definition) is 6. The molecule has 1 aromatic heterocycles. The van der Waals surface area contributed by atoms with Crippen LogP contribution in [0, 0.1) is 6.92 Å². The van der Waals surface area contributed by atoms with Crippen LogP contribution in [-0.4, -0.2) is 62.0 Å². The molecule has 0 aromatic carbocycles. The number of likely N-dealkylation sites (N-methyl/N-ethyl adjacent to an activating group) is 1. The third-order valence-corrected chi connectivity index (χ3v) is 6.07. The molecule has 1 aliphatic heterocycles. The molecule has 1 unspecified atom stereocenters. The van der Waals surface area contributed by atoms with Gasteiger partial charge in [0.15, 0.2) is 0 Å². The highest BCUT2D eigenvalue weighted by atomic mass is 32.2. The summed E-state index contributed by atoms with van der Waals surface area (Å²) in [6.07, 6.45) is 0.413. The quantitative estimate of drug-likeness (QED) is 0.843. The first-order valence-electron chi connectivity index (χ1n) is 6.72. The lowest BCUT2D eigenvalue weighted by atomic mass is 10.3. The molecule has 116 valence electrons. The smallest absolute Gasteiger partial charge is 0.257 e. The Labute approximate surface area is 131 Å². The third kappa shape index (κ3) is 4.16. The molecule has 1 atom stereocenters. The van der Waals surface area contributed by atoms with Gasteiger partial charge in [0.25, 0.3) is 5.56 Å². The van der Waals surface area contributed by atoms with E-state index in [1.165, 1.54) is 6.92 Å². The van der Waals surface area contributed by atoms with E-state index in [9.17, 15) is 14.7 Å². The molecule has 2 N–H and O–H groups in total. The highest BCUT2D eigenvalue weighted by Gasteiger charge is 2.25. The molecule has 1 saturated heterocycles. The first-order valence-corrected chi connectivity index (χ1v) is 8.92. The van der Waals surface area contributed by atoms with Crippen molar-refractivity contribution in [3.8, 4) is 5.88 Å². The van der Waals surface area contributed by atoms with E-state index < -0.39 is 0 Å². The largest absolute Gasteiger partial charge is 0.493 e. The average molecular weight is 329 g/mol. The maximum Gasteiger partial charge on any atom is 0.257 e. The van der Waals surface area contributed by atoms with Crippen LogP contribution in [0.15, 0.2) is 4.79 Å². The highest BCUT2D eigenvalue weighted by molar-refractivity contribution is 8.07. The summed E-state index contributed by atoms with van der Waals surface area (Å²) in [5.74, 6) is 3.23. The second kappa shape index (κ2) is 7.22. The van der Waals surface area contributed by atoms with Crippen LogP contribution in [0.3, 0.4) is 0 Å². The molecule has 1 fully saturated rings. The maximum atomic E-state index is 12.3. The molecule has 8 heteroatoms. The van der Waals surface area contributed by atoms with Gasteiger partial charge in [-0.15, -0.1) is 11.8 Å². The van der Waals surface area contributed by atoms with Gasteiger partial charge in [0.1, 0.15) is 5.82 Å². The number of aromatic amines is 1. The molecule has 0 saturated carbocycles. The summed E-state index contributed by atoms with van der Waals surface area (Å²) in [4.78, 5) is 32.0. The molecule has 1 amide bonds. The summed E-state index contributed by atoms with van der Waals surface area (Å²) in [5, 5.41) is 9.56. The van der Waals surface area contributed by atoms with Crippen molar-refractivity contribution in [1.29, 1.82) is 0 Å². The zero-order chi connectivity index (χ0) is 15.4. The van der Waals surface area contributed by atoms with Gasteiger partial charge in [-0.1, -0.05) is 0 Å². The van der Waals surface area contributed by atoms with Crippen molar-refractivity contribution >= 4 is 29.4 Å². The second-order valence-corrected chi connectivity index (χ2v) is 7.37. The Morgan fingerprint density at radius 1 is 1.52 bits per heavy atom. The van der Waals surface area contributed by atoms with Gasteiger partial charge in [0.2, 0.25) is 11.8 Å². The number of carbonyl (C=O) groups excluding carboxylic acids is 1. The molecule has 6 nitrogen and oxygen atoms in total. The van der Waals surface area contributed by atoms with E-state index in [1.807, 2.05) is 11.8 Å². The second-order valence-electron chi connectivity index (χ2n) is 4.91. The van der Waals surface area contributed by atoms with E-state index >= 15 is 0 Å². The van der Waals surface area contributed by atoms with Crippen LogP contribution in [0.25, 0.3) is 0 Å². The van der Waals surface area contributed by atoms with Crippen molar-refractivity contribution < 1.29 is 9.90 Å². The Balaban J connectivity index is 1.93. The molecule has 0 spiro atoms. The van der Waals surface area contributed by atoms with Crippen molar-refractivity contribution in [3.05, 3.63) is 21.7 Å². The molecule has 0 bridgehead atoms. The number of rotatable bonds is 4. The minimum Gasteiger partial charge on any atom is -0.493 e. The lowest BCUT2D eigenvalue weighted by molar-refractivity contribution is -0.128. The van der Waals surface area contributed by atoms with Crippen molar-refractivity contribution in [2.45, 2.75) is 18.6 Å². The summed E-state index contributed by atoms with van der Waals surface area (Å²) in [6, 6.07) is 0. The standard InChI is InChI=1S/C13H19N3O3S2/c1-8-11(17)14-10(15-12(8)18)3-4-16(2)13(19)9-7-20-5-6-21-9/h9H,3-7H2,1-2H3,(H2,14,15,17,18). The molecular weight excluding hydrogens is 310 g/mol. The van der Waals surface area contributed by atoms with Gasteiger partial charge >= 0.3 is 0 Å². The summed E-state index contributed by atoms with van der Waals surface area (Å²) < 4.78 is 0. The fourth-order valence-corrected chi connectivity index (χ4v) is 4.60. The Hall–Kier alpha value is -1.15. The van der Waals surface area contributed by atoms with Crippen LogP contribution in [0.1, 0.15) is 11.4 Å². The van der Waals surface area contributed by atoms with Gasteiger partial charge in [-0.05, 0) is 6.92 Å². The lowest BCUT2D eigenvalue weighted by Gasteiger charge is -2.25. The molecular formula is C13H19N3O3S2. The maximum absolute atomic E-state index is 12.3. The number of nitrogens with zero attached hydrogens (tertiary/aromatic N) is 2. The van der Waals surface area contributed by atoms with E-state index in [4.69, 9.17) is 0 Å². The number of carbonyl (C=O) groups is 1. The van der Waals surface area contributed by atoms with Gasteiger partial charge in [0.05, 0.1) is 10.8 Å². The van der Waals surface area contributed by atoms with E-state index in [1.54, 1.807) is 23.7 Å². The monoisotopic (exact) mass is 329 g/mol. The van der Waals surface area contributed by atoms with Crippen LogP contribution >= 0.6 is 23.5 Å². The van der Waals surface area contributed by atoms with Gasteiger partial charge in [-0.25, -0.2) is 4.98 Å². The van der Waals surface area contributed by atoms with E-state index in [0.29, 0.717) is 18.8 Å². The minimum absolute atomic E-state index is 0.0205. The zero-order valence-electron chi connectivity index (χ0n) is 12.1. The topological polar surface area (TPSA) is 86.3 Å². The van der Waals surface area contributed by atoms with Gasteiger partial charge in [0, 0.05) is 37.3 Å². The first kappa shape index (κ1) is 16.2. The molecule has 1 aliphatic rings. The Morgan fingerprint density at radius 2 is 2.29 bits per heavy atom. The molecule has 0 aliphatic carbocycles. The number of nitrogens with one attached hydrogen (secondary N) is 1. The van der Waals surface area contributed by atoms with E-state index in [0.717, 1.165) is 17.3 Å². The molecule has 21 heavy (non-hydrogen) atoms. The lowest BCUT2D eigenvalue weighted by Crippen LogP contribution is -2.38. The Kier molecular flexibility index (Phi) is 5.58. The Morgan fingerprint density at radius 3 is 2.90 bits per heavy atom. The fourth-order valence-electron chi connectivity index (χ4n) is 1.94. The molecule has 2 heterocycles. The Bertz CT molecular complexity index is 570. The van der Waals surface area contributed by atoms with Crippen LogP contribution in [0.5, 0.6) is 5.88 Å². The molecule has 1 aromatic rings. The van der Waals surface area contributed by atoms with Crippen molar-refractivity contribution in [2.24, 2.45) is 0 Å². The zero-order valence-corrected chi connectivity index (χ0v) is 13.7. The van der Waals surface area contributed by atoms with Crippen LogP contribution in [0.2, 0.25) is 0 Å².